The standard InChI is InChI=1S/C16H22N2O5S/c1-24(22,23)18-9-3-6-14(11-18)15(19)17-8-7-12-4-2-5-13(10-12)16(20)21/h2,4-5,10,14H,3,6-9,11H2,1H3,(H,17,19)(H,20,21)/t14-/m1/s1. The van der Waals surface area contributed by atoms with Gasteiger partial charge in [0, 0.05) is 19.6 Å². The van der Waals surface area contributed by atoms with Gasteiger partial charge in [0.1, 0.15) is 0 Å². The highest BCUT2D eigenvalue weighted by Crippen LogP contribution is 2.18. The molecule has 132 valence electrons. The van der Waals surface area contributed by atoms with E-state index < -0.39 is 16.0 Å². The molecule has 7 nitrogen and oxygen atoms in total. The van der Waals surface area contributed by atoms with Gasteiger partial charge < -0.3 is 10.4 Å². The Morgan fingerprint density at radius 1 is 1.38 bits per heavy atom. The fourth-order valence-corrected chi connectivity index (χ4v) is 3.70. The number of rotatable bonds is 6. The highest BCUT2D eigenvalue weighted by atomic mass is 32.2. The largest absolute Gasteiger partial charge is 0.478 e. The van der Waals surface area contributed by atoms with Crippen LogP contribution in [0.15, 0.2) is 24.3 Å². The van der Waals surface area contributed by atoms with Crippen molar-refractivity contribution in [2.75, 3.05) is 25.9 Å². The summed E-state index contributed by atoms with van der Waals surface area (Å²) >= 11 is 0. The van der Waals surface area contributed by atoms with Crippen LogP contribution in [0.2, 0.25) is 0 Å². The van der Waals surface area contributed by atoms with Gasteiger partial charge in [0.25, 0.3) is 0 Å². The number of carboxylic acids is 1. The molecule has 0 aliphatic carbocycles. The van der Waals surface area contributed by atoms with E-state index in [0.717, 1.165) is 11.8 Å². The molecule has 8 heteroatoms. The zero-order chi connectivity index (χ0) is 17.7. The first-order chi connectivity index (χ1) is 11.3. The Kier molecular flexibility index (Phi) is 5.95. The van der Waals surface area contributed by atoms with E-state index in [-0.39, 0.29) is 23.9 Å². The predicted octanol–water partition coefficient (Wildman–Crippen LogP) is 0.715. The van der Waals surface area contributed by atoms with E-state index in [1.165, 1.54) is 10.4 Å². The first kappa shape index (κ1) is 18.4. The molecule has 0 unspecified atom stereocenters. The van der Waals surface area contributed by atoms with Gasteiger partial charge in [0.15, 0.2) is 0 Å². The van der Waals surface area contributed by atoms with Crippen molar-refractivity contribution in [3.8, 4) is 0 Å². The summed E-state index contributed by atoms with van der Waals surface area (Å²) in [5.41, 5.74) is 1.05. The first-order valence-electron chi connectivity index (χ1n) is 7.82. The van der Waals surface area contributed by atoms with Crippen LogP contribution in [-0.4, -0.2) is 55.6 Å². The summed E-state index contributed by atoms with van der Waals surface area (Å²) in [5, 5.41) is 11.8. The molecular weight excluding hydrogens is 332 g/mol. The zero-order valence-corrected chi connectivity index (χ0v) is 14.4. The van der Waals surface area contributed by atoms with Gasteiger partial charge >= 0.3 is 5.97 Å². The number of hydrogen-bond acceptors (Lipinski definition) is 4. The van der Waals surface area contributed by atoms with Crippen LogP contribution >= 0.6 is 0 Å². The van der Waals surface area contributed by atoms with Crippen LogP contribution in [0.4, 0.5) is 0 Å². The molecular formula is C16H22N2O5S. The molecule has 1 aliphatic rings. The molecule has 1 aromatic carbocycles. The second-order valence-electron chi connectivity index (χ2n) is 6.01. The molecule has 0 bridgehead atoms. The molecule has 1 fully saturated rings. The third-order valence-electron chi connectivity index (χ3n) is 4.11. The molecule has 0 spiro atoms. The van der Waals surface area contributed by atoms with E-state index in [1.807, 2.05) is 6.07 Å². The average molecular weight is 354 g/mol. The minimum atomic E-state index is -3.27. The Morgan fingerprint density at radius 2 is 2.12 bits per heavy atom. The maximum atomic E-state index is 12.2. The third kappa shape index (κ3) is 5.04. The van der Waals surface area contributed by atoms with Crippen molar-refractivity contribution < 1.29 is 23.1 Å². The van der Waals surface area contributed by atoms with E-state index >= 15 is 0 Å². The molecule has 24 heavy (non-hydrogen) atoms. The zero-order valence-electron chi connectivity index (χ0n) is 13.6. The van der Waals surface area contributed by atoms with Crippen molar-refractivity contribution in [2.45, 2.75) is 19.3 Å². The summed E-state index contributed by atoms with van der Waals surface area (Å²) in [6.07, 6.45) is 3.02. The van der Waals surface area contributed by atoms with Gasteiger partial charge in [0.05, 0.1) is 17.7 Å². The van der Waals surface area contributed by atoms with E-state index in [1.54, 1.807) is 12.1 Å². The van der Waals surface area contributed by atoms with Gasteiger partial charge in [-0.25, -0.2) is 17.5 Å². The van der Waals surface area contributed by atoms with Gasteiger partial charge in [-0.2, -0.15) is 0 Å². The van der Waals surface area contributed by atoms with Crippen LogP contribution in [0.1, 0.15) is 28.8 Å². The fraction of sp³-hybridized carbons (Fsp3) is 0.500. The summed E-state index contributed by atoms with van der Waals surface area (Å²) in [6.45, 7) is 1.07. The molecule has 2 rings (SSSR count). The van der Waals surface area contributed by atoms with E-state index in [4.69, 9.17) is 5.11 Å². The molecule has 1 aromatic rings. The van der Waals surface area contributed by atoms with Crippen molar-refractivity contribution in [2.24, 2.45) is 5.92 Å². The van der Waals surface area contributed by atoms with Crippen LogP contribution in [0, 0.1) is 5.92 Å². The van der Waals surface area contributed by atoms with Crippen molar-refractivity contribution in [3.05, 3.63) is 35.4 Å². The summed E-state index contributed by atoms with van der Waals surface area (Å²) in [5.74, 6) is -1.47. The Hall–Kier alpha value is -1.93. The number of sulfonamides is 1. The Bertz CT molecular complexity index is 717. The smallest absolute Gasteiger partial charge is 0.335 e. The minimum Gasteiger partial charge on any atom is -0.478 e. The summed E-state index contributed by atoms with van der Waals surface area (Å²) in [6, 6.07) is 6.59. The lowest BCUT2D eigenvalue weighted by Gasteiger charge is -2.30. The molecule has 0 radical (unpaired) electrons. The lowest BCUT2D eigenvalue weighted by Crippen LogP contribution is -2.45. The maximum Gasteiger partial charge on any atom is 0.335 e. The van der Waals surface area contributed by atoms with Crippen LogP contribution in [0.3, 0.4) is 0 Å². The molecule has 1 atom stereocenters. The molecule has 0 aromatic heterocycles. The Labute approximate surface area is 141 Å². The van der Waals surface area contributed by atoms with Gasteiger partial charge in [-0.15, -0.1) is 0 Å². The van der Waals surface area contributed by atoms with E-state index in [0.29, 0.717) is 32.4 Å². The average Bonchev–Trinajstić information content (AvgIpc) is 2.54. The van der Waals surface area contributed by atoms with Gasteiger partial charge in [-0.1, -0.05) is 12.1 Å². The number of carbonyl (C=O) groups is 2. The van der Waals surface area contributed by atoms with Crippen LogP contribution in [-0.2, 0) is 21.2 Å². The monoisotopic (exact) mass is 354 g/mol. The first-order valence-corrected chi connectivity index (χ1v) is 9.67. The number of hydrogen-bond donors (Lipinski definition) is 2. The number of amides is 1. The van der Waals surface area contributed by atoms with Gasteiger partial charge in [-0.05, 0) is 37.0 Å². The molecule has 1 aliphatic heterocycles. The number of carboxylic acid groups (broad SMARTS) is 1. The Morgan fingerprint density at radius 3 is 2.79 bits per heavy atom. The molecule has 0 saturated carbocycles. The van der Waals surface area contributed by atoms with Crippen LogP contribution < -0.4 is 5.32 Å². The molecule has 2 N–H and O–H groups in total. The summed E-state index contributed by atoms with van der Waals surface area (Å²) in [7, 11) is -3.27. The van der Waals surface area contributed by atoms with Crippen molar-refractivity contribution in [1.82, 2.24) is 9.62 Å². The number of nitrogens with zero attached hydrogens (tertiary/aromatic N) is 1. The maximum absolute atomic E-state index is 12.2. The number of benzene rings is 1. The number of nitrogens with one attached hydrogen (secondary N) is 1. The summed E-state index contributed by atoms with van der Waals surface area (Å²) in [4.78, 5) is 23.1. The number of carbonyl (C=O) groups excluding carboxylic acids is 1. The normalized spacial score (nSPS) is 19.0. The van der Waals surface area contributed by atoms with Crippen LogP contribution in [0.25, 0.3) is 0 Å². The lowest BCUT2D eigenvalue weighted by atomic mass is 9.98. The fourth-order valence-electron chi connectivity index (χ4n) is 2.79. The Balaban J connectivity index is 1.85. The second kappa shape index (κ2) is 7.76. The second-order valence-corrected chi connectivity index (χ2v) is 7.99. The molecule has 1 saturated heterocycles. The van der Waals surface area contributed by atoms with E-state index in [9.17, 15) is 18.0 Å². The predicted molar refractivity (Wildman–Crippen MR) is 89.3 cm³/mol. The summed E-state index contributed by atoms with van der Waals surface area (Å²) < 4.78 is 24.5. The highest BCUT2D eigenvalue weighted by Gasteiger charge is 2.29. The lowest BCUT2D eigenvalue weighted by molar-refractivity contribution is -0.126. The number of piperidine rings is 1. The highest BCUT2D eigenvalue weighted by molar-refractivity contribution is 7.88. The van der Waals surface area contributed by atoms with Crippen molar-refractivity contribution in [3.63, 3.8) is 0 Å². The molecule has 1 heterocycles. The topological polar surface area (TPSA) is 104 Å². The quantitative estimate of drug-likeness (QED) is 0.783. The SMILES string of the molecule is CS(=O)(=O)N1CCC[C@@H](C(=O)NCCc2cccc(C(=O)O)c2)C1. The van der Waals surface area contributed by atoms with Crippen molar-refractivity contribution >= 4 is 21.9 Å². The van der Waals surface area contributed by atoms with Gasteiger partial charge in [0.2, 0.25) is 15.9 Å². The van der Waals surface area contributed by atoms with Crippen molar-refractivity contribution in [1.29, 1.82) is 0 Å². The van der Waals surface area contributed by atoms with Gasteiger partial charge in [-0.3, -0.25) is 4.79 Å². The molecule has 1 amide bonds. The van der Waals surface area contributed by atoms with E-state index in [2.05, 4.69) is 5.32 Å². The third-order valence-corrected chi connectivity index (χ3v) is 5.38. The van der Waals surface area contributed by atoms with Crippen LogP contribution in [0.5, 0.6) is 0 Å². The minimum absolute atomic E-state index is 0.155. The number of aromatic carboxylic acids is 1.